The van der Waals surface area contributed by atoms with Crippen LogP contribution in [0.25, 0.3) is 0 Å². The first-order valence-corrected chi connectivity index (χ1v) is 8.72. The Balaban J connectivity index is 1.57. The second-order valence-electron chi connectivity index (χ2n) is 6.52. The van der Waals surface area contributed by atoms with Crippen LogP contribution in [-0.4, -0.2) is 17.6 Å². The fourth-order valence-electron chi connectivity index (χ4n) is 2.75. The minimum Gasteiger partial charge on any atom is -0.326 e. The number of hydrogen-bond acceptors (Lipinski definition) is 3. The van der Waals surface area contributed by atoms with Crippen LogP contribution in [0.2, 0.25) is 5.02 Å². The van der Waals surface area contributed by atoms with Crippen LogP contribution in [0, 0.1) is 18.8 Å². The molecule has 1 aliphatic carbocycles. The van der Waals surface area contributed by atoms with E-state index in [9.17, 15) is 14.4 Å². The molecular formula is C20H19ClN2O3. The predicted molar refractivity (Wildman–Crippen MR) is 101 cm³/mol. The monoisotopic (exact) mass is 370 g/mol. The van der Waals surface area contributed by atoms with Crippen LogP contribution < -0.4 is 10.6 Å². The van der Waals surface area contributed by atoms with Gasteiger partial charge in [0.25, 0.3) is 0 Å². The Hall–Kier alpha value is -2.66. The Morgan fingerprint density at radius 2 is 1.58 bits per heavy atom. The number of halogens is 1. The first-order valence-electron chi connectivity index (χ1n) is 8.34. The molecule has 6 heteroatoms. The zero-order valence-corrected chi connectivity index (χ0v) is 15.3. The highest BCUT2D eigenvalue weighted by Crippen LogP contribution is 2.40. The van der Waals surface area contributed by atoms with E-state index >= 15 is 0 Å². The topological polar surface area (TPSA) is 75.3 Å². The molecule has 0 aliphatic heterocycles. The van der Waals surface area contributed by atoms with E-state index in [0.29, 0.717) is 28.4 Å². The minimum absolute atomic E-state index is 0.0295. The summed E-state index contributed by atoms with van der Waals surface area (Å²) in [6.07, 6.45) is 0.517. The summed E-state index contributed by atoms with van der Waals surface area (Å²) in [5.41, 5.74) is 2.77. The van der Waals surface area contributed by atoms with Gasteiger partial charge in [0.1, 0.15) is 0 Å². The van der Waals surface area contributed by atoms with Crippen LogP contribution in [-0.2, 0) is 9.59 Å². The third-order valence-electron chi connectivity index (χ3n) is 4.48. The molecule has 1 aliphatic rings. The third-order valence-corrected chi connectivity index (χ3v) is 4.72. The van der Waals surface area contributed by atoms with Crippen LogP contribution in [0.3, 0.4) is 0 Å². The minimum atomic E-state index is -0.345. The average molecular weight is 371 g/mol. The highest BCUT2D eigenvalue weighted by atomic mass is 35.5. The lowest BCUT2D eigenvalue weighted by Crippen LogP contribution is -2.21. The van der Waals surface area contributed by atoms with Crippen molar-refractivity contribution in [3.8, 4) is 0 Å². The van der Waals surface area contributed by atoms with Gasteiger partial charge in [-0.2, -0.15) is 0 Å². The quantitative estimate of drug-likeness (QED) is 0.779. The summed E-state index contributed by atoms with van der Waals surface area (Å²) in [4.78, 5) is 35.9. The normalized spacial score (nSPS) is 18.1. The summed E-state index contributed by atoms with van der Waals surface area (Å²) in [5, 5.41) is 6.17. The van der Waals surface area contributed by atoms with Gasteiger partial charge in [0.05, 0.1) is 11.8 Å². The first kappa shape index (κ1) is 18.1. The number of Topliss-reactive ketones (excluding diaryl/α,β-unsaturated/α-hetero) is 1. The Morgan fingerprint density at radius 3 is 2.19 bits per heavy atom. The van der Waals surface area contributed by atoms with Crippen molar-refractivity contribution in [2.45, 2.75) is 20.3 Å². The number of carbonyl (C=O) groups excluding carboxylic acids is 3. The zero-order chi connectivity index (χ0) is 18.8. The van der Waals surface area contributed by atoms with E-state index in [2.05, 4.69) is 10.6 Å². The van der Waals surface area contributed by atoms with Gasteiger partial charge in [-0.15, -0.1) is 0 Å². The van der Waals surface area contributed by atoms with E-state index < -0.39 is 0 Å². The molecule has 5 nitrogen and oxygen atoms in total. The predicted octanol–water partition coefficient (Wildman–Crippen LogP) is 4.06. The molecule has 1 saturated carbocycles. The number of hydrogen-bond donors (Lipinski definition) is 2. The van der Waals surface area contributed by atoms with Crippen LogP contribution in [0.4, 0.5) is 11.4 Å². The lowest BCUT2D eigenvalue weighted by Gasteiger charge is -2.09. The summed E-state index contributed by atoms with van der Waals surface area (Å²) in [6.45, 7) is 3.37. The lowest BCUT2D eigenvalue weighted by atomic mass is 10.1. The average Bonchev–Trinajstić information content (AvgIpc) is 3.39. The van der Waals surface area contributed by atoms with Gasteiger partial charge in [-0.25, -0.2) is 0 Å². The number of carbonyl (C=O) groups is 3. The molecular weight excluding hydrogens is 352 g/mol. The molecule has 0 bridgehead atoms. The van der Waals surface area contributed by atoms with Crippen molar-refractivity contribution < 1.29 is 14.4 Å². The molecule has 3 rings (SSSR count). The molecule has 0 saturated heterocycles. The second-order valence-corrected chi connectivity index (χ2v) is 6.96. The van der Waals surface area contributed by atoms with Crippen molar-refractivity contribution in [2.24, 2.45) is 11.8 Å². The number of ketones is 1. The second kappa shape index (κ2) is 7.30. The molecule has 0 spiro atoms. The zero-order valence-electron chi connectivity index (χ0n) is 14.5. The SMILES string of the molecule is CC(=O)c1ccc(NC(=O)C2CC2C(=O)Nc2cc(Cl)ccc2C)cc1. The molecule has 134 valence electrons. The Bertz CT molecular complexity index is 877. The third kappa shape index (κ3) is 4.11. The standard InChI is InChI=1S/C20H19ClN2O3/c1-11-3-6-14(21)9-18(11)23-20(26)17-10-16(17)19(25)22-15-7-4-13(5-8-15)12(2)24/h3-9,16-17H,10H2,1-2H3,(H,22,25)(H,23,26). The van der Waals surface area contributed by atoms with Crippen LogP contribution >= 0.6 is 11.6 Å². The number of nitrogens with one attached hydrogen (secondary N) is 2. The molecule has 0 heterocycles. The molecule has 2 aromatic rings. The smallest absolute Gasteiger partial charge is 0.228 e. The number of aryl methyl sites for hydroxylation is 1. The van der Waals surface area contributed by atoms with E-state index in [-0.39, 0.29) is 29.4 Å². The maximum atomic E-state index is 12.4. The van der Waals surface area contributed by atoms with Crippen LogP contribution in [0.5, 0.6) is 0 Å². The van der Waals surface area contributed by atoms with Gasteiger partial charge in [0.15, 0.2) is 5.78 Å². The van der Waals surface area contributed by atoms with E-state index in [1.807, 2.05) is 13.0 Å². The van der Waals surface area contributed by atoms with Crippen molar-refractivity contribution in [3.63, 3.8) is 0 Å². The lowest BCUT2D eigenvalue weighted by molar-refractivity contribution is -0.122. The summed E-state index contributed by atoms with van der Waals surface area (Å²) in [6, 6.07) is 12.0. The molecule has 0 aromatic heterocycles. The summed E-state index contributed by atoms with van der Waals surface area (Å²) in [5.74, 6) is -1.09. The van der Waals surface area contributed by atoms with Crippen molar-refractivity contribution >= 4 is 40.6 Å². The molecule has 2 N–H and O–H groups in total. The number of benzene rings is 2. The Kier molecular flexibility index (Phi) is 5.09. The molecule has 2 unspecified atom stereocenters. The van der Waals surface area contributed by atoms with E-state index in [4.69, 9.17) is 11.6 Å². The maximum Gasteiger partial charge on any atom is 0.228 e. The Labute approximate surface area is 156 Å². The number of amides is 2. The fraction of sp³-hybridized carbons (Fsp3) is 0.250. The van der Waals surface area contributed by atoms with Crippen molar-refractivity contribution in [3.05, 3.63) is 58.6 Å². The van der Waals surface area contributed by atoms with Crippen molar-refractivity contribution in [2.75, 3.05) is 10.6 Å². The fourth-order valence-corrected chi connectivity index (χ4v) is 2.92. The van der Waals surface area contributed by atoms with Gasteiger partial charge in [-0.3, -0.25) is 14.4 Å². The van der Waals surface area contributed by atoms with Gasteiger partial charge in [0.2, 0.25) is 11.8 Å². The van der Waals surface area contributed by atoms with Gasteiger partial charge >= 0.3 is 0 Å². The highest BCUT2D eigenvalue weighted by molar-refractivity contribution is 6.31. The summed E-state index contributed by atoms with van der Waals surface area (Å²) >= 11 is 5.96. The number of anilines is 2. The van der Waals surface area contributed by atoms with E-state index in [1.54, 1.807) is 36.4 Å². The molecule has 2 aromatic carbocycles. The molecule has 26 heavy (non-hydrogen) atoms. The first-order chi connectivity index (χ1) is 12.3. The molecule has 2 amide bonds. The van der Waals surface area contributed by atoms with Gasteiger partial charge < -0.3 is 10.6 Å². The van der Waals surface area contributed by atoms with Crippen molar-refractivity contribution in [1.29, 1.82) is 0 Å². The van der Waals surface area contributed by atoms with Crippen molar-refractivity contribution in [1.82, 2.24) is 0 Å². The maximum absolute atomic E-state index is 12.4. The Morgan fingerprint density at radius 1 is 0.962 bits per heavy atom. The molecule has 1 fully saturated rings. The van der Waals surface area contributed by atoms with Crippen LogP contribution in [0.1, 0.15) is 29.3 Å². The van der Waals surface area contributed by atoms with E-state index in [1.165, 1.54) is 6.92 Å². The number of rotatable bonds is 5. The van der Waals surface area contributed by atoms with Crippen LogP contribution in [0.15, 0.2) is 42.5 Å². The summed E-state index contributed by atoms with van der Waals surface area (Å²) in [7, 11) is 0. The summed E-state index contributed by atoms with van der Waals surface area (Å²) < 4.78 is 0. The van der Waals surface area contributed by atoms with Gasteiger partial charge in [-0.1, -0.05) is 17.7 Å². The largest absolute Gasteiger partial charge is 0.326 e. The highest BCUT2D eigenvalue weighted by Gasteiger charge is 2.48. The van der Waals surface area contributed by atoms with Gasteiger partial charge in [-0.05, 0) is 62.2 Å². The molecule has 0 radical (unpaired) electrons. The van der Waals surface area contributed by atoms with Gasteiger partial charge in [0, 0.05) is 22.0 Å². The van der Waals surface area contributed by atoms with E-state index in [0.717, 1.165) is 5.56 Å². The molecule has 2 atom stereocenters.